The fourth-order valence-electron chi connectivity index (χ4n) is 11.6. The number of amides is 8. The molecule has 816 valence electrons. The summed E-state index contributed by atoms with van der Waals surface area (Å²) in [6.45, 7) is 61.7. The van der Waals surface area contributed by atoms with Gasteiger partial charge in [0.15, 0.2) is 34.7 Å². The van der Waals surface area contributed by atoms with Crippen molar-refractivity contribution in [3.63, 3.8) is 0 Å². The molecule has 0 radical (unpaired) electrons. The molecule has 8 N–H and O–H groups in total. The molecular formula is C107H174N8O29. The quantitative estimate of drug-likeness (QED) is 0.0207. The molecule has 0 bridgehead atoms. The van der Waals surface area contributed by atoms with Gasteiger partial charge in [0, 0.05) is 183 Å². The Balaban J connectivity index is -0.000000942. The van der Waals surface area contributed by atoms with E-state index in [2.05, 4.69) is 135 Å². The van der Waals surface area contributed by atoms with E-state index >= 15 is 0 Å². The minimum Gasteiger partial charge on any atom is -0.379 e. The maximum atomic E-state index is 11.7. The Morgan fingerprint density at radius 1 is 0.194 bits per heavy atom. The minimum absolute atomic E-state index is 0.00215. The third-order valence-corrected chi connectivity index (χ3v) is 19.7. The van der Waals surface area contributed by atoms with E-state index in [9.17, 15) is 67.1 Å². The molecule has 0 heterocycles. The first-order valence-electron chi connectivity index (χ1n) is 49.8. The molecule has 0 aromatic rings. The predicted molar refractivity (Wildman–Crippen MR) is 557 cm³/mol. The molecule has 0 spiro atoms. The largest absolute Gasteiger partial charge is 0.379 e. The lowest BCUT2D eigenvalue weighted by Crippen LogP contribution is -2.48. The first-order valence-corrected chi connectivity index (χ1v) is 49.8. The molecule has 0 aliphatic heterocycles. The van der Waals surface area contributed by atoms with Crippen molar-refractivity contribution in [2.75, 3.05) is 218 Å². The van der Waals surface area contributed by atoms with Gasteiger partial charge in [0.05, 0.1) is 72.7 Å². The first-order chi connectivity index (χ1) is 69.8. The molecule has 0 aromatic carbocycles. The van der Waals surface area contributed by atoms with Crippen molar-refractivity contribution in [2.45, 2.75) is 203 Å². The fraction of sp³-hybridized carbons (Fsp3) is 0.607. The van der Waals surface area contributed by atoms with E-state index in [4.69, 9.17) is 71.1 Å². The molecule has 2 atom stereocenters. The second kappa shape index (κ2) is 107. The molecule has 37 nitrogen and oxygen atoms in total. The molecule has 8 amide bonds. The van der Waals surface area contributed by atoms with E-state index in [0.29, 0.717) is 319 Å². The summed E-state index contributed by atoms with van der Waals surface area (Å²) >= 11 is 0. The molecule has 2 unspecified atom stereocenters. The van der Waals surface area contributed by atoms with Crippen molar-refractivity contribution in [1.29, 1.82) is 0 Å². The maximum absolute atomic E-state index is 11.7. The van der Waals surface area contributed by atoms with Crippen LogP contribution in [0.4, 0.5) is 0 Å². The number of carbonyl (C=O) groups is 14. The van der Waals surface area contributed by atoms with Gasteiger partial charge >= 0.3 is 0 Å². The van der Waals surface area contributed by atoms with E-state index in [1.807, 2.05) is 0 Å². The lowest BCUT2D eigenvalue weighted by Gasteiger charge is -2.34. The van der Waals surface area contributed by atoms with Gasteiger partial charge in [-0.25, -0.2) is 0 Å². The highest BCUT2D eigenvalue weighted by molar-refractivity contribution is 5.92. The predicted octanol–water partition coefficient (Wildman–Crippen LogP) is 9.89. The van der Waals surface area contributed by atoms with E-state index in [1.54, 1.807) is 0 Å². The monoisotopic (exact) mass is 2040 g/mol. The number of hydrogen-bond acceptors (Lipinski definition) is 29. The maximum Gasteiger partial charge on any atom is 0.243 e. The van der Waals surface area contributed by atoms with Crippen molar-refractivity contribution >= 4 is 82.0 Å². The van der Waals surface area contributed by atoms with Crippen LogP contribution in [0.3, 0.4) is 0 Å². The number of rotatable bonds is 104. The molecule has 0 aliphatic rings. The van der Waals surface area contributed by atoms with Crippen molar-refractivity contribution < 1.29 is 138 Å². The van der Waals surface area contributed by atoms with Crippen LogP contribution in [0.5, 0.6) is 0 Å². The van der Waals surface area contributed by atoms with Gasteiger partial charge in [0.25, 0.3) is 0 Å². The minimum atomic E-state index is -0.907. The summed E-state index contributed by atoms with van der Waals surface area (Å²) in [6.07, 6.45) is 32.5. The van der Waals surface area contributed by atoms with Crippen molar-refractivity contribution in [3.05, 3.63) is 177 Å². The van der Waals surface area contributed by atoms with E-state index in [-0.39, 0.29) is 134 Å². The van der Waals surface area contributed by atoms with Gasteiger partial charge in [-0.15, -0.1) is 0 Å². The zero-order chi connectivity index (χ0) is 107. The van der Waals surface area contributed by atoms with Crippen LogP contribution in [0.2, 0.25) is 0 Å². The number of hydrogen-bond donors (Lipinski definition) is 8. The normalized spacial score (nSPS) is 11.3. The van der Waals surface area contributed by atoms with Crippen LogP contribution in [0.25, 0.3) is 0 Å². The van der Waals surface area contributed by atoms with Crippen molar-refractivity contribution in [3.8, 4) is 0 Å². The van der Waals surface area contributed by atoms with Crippen LogP contribution in [-0.2, 0) is 138 Å². The van der Waals surface area contributed by atoms with E-state index in [0.717, 1.165) is 25.7 Å². The third kappa shape index (κ3) is 97.6. The Kier molecular flexibility index (Phi) is 104. The Morgan fingerprint density at radius 2 is 0.396 bits per heavy atom. The van der Waals surface area contributed by atoms with Crippen molar-refractivity contribution in [2.24, 2.45) is 0 Å². The average molecular weight is 2040 g/mol. The van der Waals surface area contributed by atoms with Gasteiger partial charge in [0.2, 0.25) is 47.3 Å². The van der Waals surface area contributed by atoms with Crippen LogP contribution in [-0.4, -0.2) is 330 Å². The Hall–Kier alpha value is -10.5. The molecule has 0 fully saturated rings. The van der Waals surface area contributed by atoms with Gasteiger partial charge in [-0.2, -0.15) is 0 Å². The smallest absolute Gasteiger partial charge is 0.243 e. The number of nitrogens with one attached hydrogen (secondary N) is 8. The summed E-state index contributed by atoms with van der Waals surface area (Å²) < 4.78 is 88.5. The molecule has 0 aromatic heterocycles. The number of unbranched alkanes of at least 4 members (excludes halogenated alkanes) is 7. The SMILES string of the molecule is C=CC(=O)CCCCOCC(COCCCNC(=O)C=C)(COCCCNC(=O)C=C)OCCCCNC(=O)C=C.C=CC(=O)CCCCOCC(OCCCNC(=O)C=C)C(OCCCCC(=O)C=C)C(COCCCCC(=O)C=C)OCCCNC(=O)C=C.C=CC(=O)CCCCOCCOCCOCCCCC(=O)C=C.C=CC(=O)NCCCOCC(COCCCNC(=O)C=C)OCCCNC(=O)C=C. The van der Waals surface area contributed by atoms with Crippen LogP contribution >= 0.6 is 0 Å². The van der Waals surface area contributed by atoms with E-state index < -0.39 is 23.9 Å². The summed E-state index contributed by atoms with van der Waals surface area (Å²) in [7, 11) is 0. The Bertz CT molecular complexity index is 3350. The summed E-state index contributed by atoms with van der Waals surface area (Å²) in [4.78, 5) is 159. The van der Waals surface area contributed by atoms with Crippen LogP contribution in [0.15, 0.2) is 177 Å². The summed E-state index contributed by atoms with van der Waals surface area (Å²) in [5.41, 5.74) is -0.907. The van der Waals surface area contributed by atoms with Crippen LogP contribution < -0.4 is 42.5 Å². The Labute approximate surface area is 856 Å². The molecule has 0 saturated heterocycles. The number of ether oxygens (including phenoxy) is 15. The highest BCUT2D eigenvalue weighted by Gasteiger charge is 2.35. The highest BCUT2D eigenvalue weighted by atomic mass is 16.6. The third-order valence-electron chi connectivity index (χ3n) is 19.7. The number of allylic oxidation sites excluding steroid dienone is 6. The standard InChI is InChI=1S/C38H60N2O10.C30H49N3O8.C21H35N3O6.C18H30O5/c1-6-31(41)19-11-14-24-46-29-34(48-27-17-22-39-36(44)9-4)38(50-26-16-13-21-33(43)8-3)35(49-28-18-23-40-37(45)10-5)30-47-25-15-12-20-32(42)7-2;1-5-26(34)15-9-11-19-38-23-30(24-39-20-13-17-32-28(36)7-3,25-40-21-14-18-33-29(37)8-4)41-22-12-10-16-31-27(35)6-2;1-4-19(25)22-10-7-13-28-16-18(30-15-9-12-24-21(27)6-3)17-29-14-8-11-23-20(26)5-2;1-3-17(19)9-5-7-11-21-13-15-23-16-14-22-12-8-6-10-18(20)4-2/h6-10,34-35,38H,1-5,11-30H2,(H,39,44)(H,40,45);5-8H,1-4,9-25H2,(H,31,35)(H,32,36)(H,33,37);4-6,18H,1-3,7-17H2,(H,22,25)(H,23,26)(H,24,27);3-4H,1-2,5-16H2. The van der Waals surface area contributed by atoms with Gasteiger partial charge < -0.3 is 114 Å². The highest BCUT2D eigenvalue weighted by Crippen LogP contribution is 2.20. The average Bonchev–Trinajstić information content (AvgIpc) is 0.871. The van der Waals surface area contributed by atoms with Gasteiger partial charge in [-0.1, -0.05) is 92.1 Å². The van der Waals surface area contributed by atoms with Crippen LogP contribution in [0, 0.1) is 0 Å². The first kappa shape index (κ1) is 140. The van der Waals surface area contributed by atoms with E-state index in [1.165, 1.54) is 85.1 Å². The summed E-state index contributed by atoms with van der Waals surface area (Å²) in [5, 5.41) is 21.7. The topological polar surface area (TPSA) is 474 Å². The Morgan fingerprint density at radius 3 is 0.667 bits per heavy atom. The fourth-order valence-corrected chi connectivity index (χ4v) is 11.6. The summed E-state index contributed by atoms with van der Waals surface area (Å²) in [6, 6.07) is 0. The molecule has 0 saturated carbocycles. The lowest BCUT2D eigenvalue weighted by molar-refractivity contribution is -0.170. The van der Waals surface area contributed by atoms with Gasteiger partial charge in [0.1, 0.15) is 30.0 Å². The number of ketones is 6. The molecule has 0 rings (SSSR count). The molecule has 144 heavy (non-hydrogen) atoms. The van der Waals surface area contributed by atoms with Crippen LogP contribution in [0.1, 0.15) is 173 Å². The zero-order valence-corrected chi connectivity index (χ0v) is 86.1. The lowest BCUT2D eigenvalue weighted by atomic mass is 10.1. The second-order valence-electron chi connectivity index (χ2n) is 31.9. The van der Waals surface area contributed by atoms with Gasteiger partial charge in [-0.3, -0.25) is 67.1 Å². The number of carbonyl (C=O) groups excluding carboxylic acids is 14. The molecule has 0 aliphatic carbocycles. The van der Waals surface area contributed by atoms with Gasteiger partial charge in [-0.05, 0) is 220 Å². The second-order valence-corrected chi connectivity index (χ2v) is 31.9. The summed E-state index contributed by atoms with van der Waals surface area (Å²) in [5.74, 6) is -1.81. The molecular weight excluding hydrogens is 1860 g/mol. The molecule has 37 heteroatoms. The zero-order valence-electron chi connectivity index (χ0n) is 86.1. The van der Waals surface area contributed by atoms with Crippen molar-refractivity contribution in [1.82, 2.24) is 42.5 Å².